The minimum Gasteiger partial charge on any atom is -0.454 e. The Morgan fingerprint density at radius 1 is 1.03 bits per heavy atom. The molecule has 0 atom stereocenters. The van der Waals surface area contributed by atoms with Gasteiger partial charge in [-0.15, -0.1) is 0 Å². The molecule has 3 rings (SSSR count). The number of amides is 2. The van der Waals surface area contributed by atoms with E-state index >= 15 is 0 Å². The standard InChI is InChI=1S/C23H27N3O4/c1-3-26(4-2)14-13-24-23(28)18-7-9-19(10-8-18)25-22(27)12-6-17-5-11-20-21(15-17)30-16-29-20/h5-12,15H,3-4,13-14,16H2,1-2H3,(H,24,28)(H,25,27)/b12-6+. The molecule has 0 aromatic heterocycles. The topological polar surface area (TPSA) is 79.9 Å². The molecule has 0 radical (unpaired) electrons. The van der Waals surface area contributed by atoms with Gasteiger partial charge in [0, 0.05) is 30.4 Å². The highest BCUT2D eigenvalue weighted by Crippen LogP contribution is 2.32. The Hall–Kier alpha value is -3.32. The van der Waals surface area contributed by atoms with E-state index in [1.54, 1.807) is 30.3 Å². The van der Waals surface area contributed by atoms with Crippen molar-refractivity contribution in [2.75, 3.05) is 38.3 Å². The maximum absolute atomic E-state index is 12.2. The van der Waals surface area contributed by atoms with Crippen LogP contribution < -0.4 is 20.1 Å². The minimum atomic E-state index is -0.260. The third kappa shape index (κ3) is 5.84. The molecular weight excluding hydrogens is 382 g/mol. The van der Waals surface area contributed by atoms with Crippen LogP contribution in [0.1, 0.15) is 29.8 Å². The van der Waals surface area contributed by atoms with E-state index in [-0.39, 0.29) is 18.6 Å². The summed E-state index contributed by atoms with van der Waals surface area (Å²) >= 11 is 0. The van der Waals surface area contributed by atoms with Crippen LogP contribution in [0.5, 0.6) is 11.5 Å². The Morgan fingerprint density at radius 3 is 2.50 bits per heavy atom. The zero-order valence-corrected chi connectivity index (χ0v) is 17.3. The van der Waals surface area contributed by atoms with Crippen molar-refractivity contribution < 1.29 is 19.1 Å². The molecule has 0 aliphatic carbocycles. The molecule has 0 saturated carbocycles. The van der Waals surface area contributed by atoms with E-state index in [2.05, 4.69) is 29.4 Å². The highest BCUT2D eigenvalue weighted by molar-refractivity contribution is 6.02. The van der Waals surface area contributed by atoms with Crippen LogP contribution >= 0.6 is 0 Å². The second-order valence-electron chi connectivity index (χ2n) is 6.80. The van der Waals surface area contributed by atoms with Crippen LogP contribution in [0.3, 0.4) is 0 Å². The quantitative estimate of drug-likeness (QED) is 0.622. The SMILES string of the molecule is CCN(CC)CCNC(=O)c1ccc(NC(=O)/C=C/c2ccc3c(c2)OCO3)cc1. The van der Waals surface area contributed by atoms with Crippen LogP contribution in [0, 0.1) is 0 Å². The van der Waals surface area contributed by atoms with E-state index in [1.165, 1.54) is 6.08 Å². The second-order valence-corrected chi connectivity index (χ2v) is 6.80. The molecule has 1 aliphatic rings. The van der Waals surface area contributed by atoms with Crippen molar-refractivity contribution in [3.05, 3.63) is 59.7 Å². The van der Waals surface area contributed by atoms with Gasteiger partial charge >= 0.3 is 0 Å². The molecule has 0 unspecified atom stereocenters. The van der Waals surface area contributed by atoms with E-state index in [4.69, 9.17) is 9.47 Å². The first-order chi connectivity index (χ1) is 14.6. The predicted octanol–water partition coefficient (Wildman–Crippen LogP) is 3.14. The number of likely N-dealkylation sites (N-methyl/N-ethyl adjacent to an activating group) is 1. The maximum atomic E-state index is 12.2. The lowest BCUT2D eigenvalue weighted by Gasteiger charge is -2.17. The second kappa shape index (κ2) is 10.5. The summed E-state index contributed by atoms with van der Waals surface area (Å²) in [5, 5.41) is 5.70. The van der Waals surface area contributed by atoms with Crippen molar-refractivity contribution in [1.82, 2.24) is 10.2 Å². The van der Waals surface area contributed by atoms with E-state index in [0.717, 1.165) is 25.2 Å². The Morgan fingerprint density at radius 2 is 1.77 bits per heavy atom. The number of nitrogens with zero attached hydrogens (tertiary/aromatic N) is 1. The van der Waals surface area contributed by atoms with Crippen LogP contribution in [-0.2, 0) is 4.79 Å². The highest BCUT2D eigenvalue weighted by atomic mass is 16.7. The first-order valence-electron chi connectivity index (χ1n) is 10.1. The van der Waals surface area contributed by atoms with Crippen molar-refractivity contribution in [3.63, 3.8) is 0 Å². The summed E-state index contributed by atoms with van der Waals surface area (Å²) in [5.41, 5.74) is 2.02. The van der Waals surface area contributed by atoms with Gasteiger partial charge in [-0.25, -0.2) is 0 Å². The van der Waals surface area contributed by atoms with Gasteiger partial charge in [-0.05, 0) is 61.1 Å². The summed E-state index contributed by atoms with van der Waals surface area (Å²) in [5.74, 6) is 0.990. The number of rotatable bonds is 9. The van der Waals surface area contributed by atoms with Gasteiger partial charge in [-0.1, -0.05) is 19.9 Å². The van der Waals surface area contributed by atoms with Crippen molar-refractivity contribution >= 4 is 23.6 Å². The third-order valence-electron chi connectivity index (χ3n) is 4.85. The highest BCUT2D eigenvalue weighted by Gasteiger charge is 2.12. The average Bonchev–Trinajstić information content (AvgIpc) is 3.23. The Balaban J connectivity index is 1.48. The molecule has 2 aromatic rings. The van der Waals surface area contributed by atoms with Gasteiger partial charge in [-0.2, -0.15) is 0 Å². The monoisotopic (exact) mass is 409 g/mol. The fourth-order valence-corrected chi connectivity index (χ4v) is 3.05. The number of benzene rings is 2. The normalized spacial score (nSPS) is 12.4. The Labute approximate surface area is 176 Å². The molecule has 0 spiro atoms. The van der Waals surface area contributed by atoms with Crippen LogP contribution in [0.15, 0.2) is 48.5 Å². The zero-order chi connectivity index (χ0) is 21.3. The van der Waals surface area contributed by atoms with Crippen LogP contribution in [0.25, 0.3) is 6.08 Å². The van der Waals surface area contributed by atoms with Crippen molar-refractivity contribution in [2.24, 2.45) is 0 Å². The molecule has 1 aliphatic heterocycles. The van der Waals surface area contributed by atoms with Crippen molar-refractivity contribution in [2.45, 2.75) is 13.8 Å². The van der Waals surface area contributed by atoms with Gasteiger partial charge in [0.25, 0.3) is 5.91 Å². The summed E-state index contributed by atoms with van der Waals surface area (Å²) < 4.78 is 10.6. The molecule has 2 aromatic carbocycles. The van der Waals surface area contributed by atoms with Crippen molar-refractivity contribution in [3.8, 4) is 11.5 Å². The zero-order valence-electron chi connectivity index (χ0n) is 17.3. The number of fused-ring (bicyclic) bond motifs is 1. The molecule has 2 amide bonds. The molecular formula is C23H27N3O4. The van der Waals surface area contributed by atoms with Gasteiger partial charge in [0.05, 0.1) is 0 Å². The lowest BCUT2D eigenvalue weighted by Crippen LogP contribution is -2.34. The van der Waals surface area contributed by atoms with Gasteiger partial charge in [0.2, 0.25) is 12.7 Å². The Bertz CT molecular complexity index is 905. The molecule has 30 heavy (non-hydrogen) atoms. The number of ether oxygens (including phenoxy) is 2. The predicted molar refractivity (Wildman–Crippen MR) is 117 cm³/mol. The smallest absolute Gasteiger partial charge is 0.251 e. The lowest BCUT2D eigenvalue weighted by atomic mass is 10.2. The van der Waals surface area contributed by atoms with Gasteiger partial charge < -0.3 is 25.0 Å². The summed E-state index contributed by atoms with van der Waals surface area (Å²) in [6.45, 7) is 7.76. The number of anilines is 1. The molecule has 0 fully saturated rings. The van der Waals surface area contributed by atoms with E-state index < -0.39 is 0 Å². The Kier molecular flexibility index (Phi) is 7.45. The van der Waals surface area contributed by atoms with Gasteiger partial charge in [0.15, 0.2) is 11.5 Å². The van der Waals surface area contributed by atoms with Crippen LogP contribution in [-0.4, -0.2) is 49.7 Å². The lowest BCUT2D eigenvalue weighted by molar-refractivity contribution is -0.111. The molecule has 7 heteroatoms. The fourth-order valence-electron chi connectivity index (χ4n) is 3.05. The summed E-state index contributed by atoms with van der Waals surface area (Å²) in [6.07, 6.45) is 3.15. The molecule has 0 bridgehead atoms. The fraction of sp³-hybridized carbons (Fsp3) is 0.304. The van der Waals surface area contributed by atoms with E-state index in [1.807, 2.05) is 18.2 Å². The number of carbonyl (C=O) groups is 2. The largest absolute Gasteiger partial charge is 0.454 e. The average molecular weight is 409 g/mol. The number of hydrogen-bond acceptors (Lipinski definition) is 5. The molecule has 2 N–H and O–H groups in total. The third-order valence-corrected chi connectivity index (χ3v) is 4.85. The summed E-state index contributed by atoms with van der Waals surface area (Å²) in [4.78, 5) is 26.6. The maximum Gasteiger partial charge on any atom is 0.251 e. The number of hydrogen-bond donors (Lipinski definition) is 2. The van der Waals surface area contributed by atoms with Gasteiger partial charge in [0.1, 0.15) is 0 Å². The first kappa shape index (κ1) is 21.4. The summed E-state index contributed by atoms with van der Waals surface area (Å²) in [7, 11) is 0. The van der Waals surface area contributed by atoms with Crippen LogP contribution in [0.2, 0.25) is 0 Å². The van der Waals surface area contributed by atoms with Crippen molar-refractivity contribution in [1.29, 1.82) is 0 Å². The first-order valence-corrected chi connectivity index (χ1v) is 10.1. The molecule has 7 nitrogen and oxygen atoms in total. The van der Waals surface area contributed by atoms with Crippen LogP contribution in [0.4, 0.5) is 5.69 Å². The molecule has 0 saturated heterocycles. The van der Waals surface area contributed by atoms with Gasteiger partial charge in [-0.3, -0.25) is 9.59 Å². The summed E-state index contributed by atoms with van der Waals surface area (Å²) in [6, 6.07) is 12.3. The molecule has 1 heterocycles. The number of carbonyl (C=O) groups excluding carboxylic acids is 2. The number of nitrogens with one attached hydrogen (secondary N) is 2. The minimum absolute atomic E-state index is 0.122. The van der Waals surface area contributed by atoms with E-state index in [9.17, 15) is 9.59 Å². The molecule has 158 valence electrons. The van der Waals surface area contributed by atoms with E-state index in [0.29, 0.717) is 29.3 Å².